The Balaban J connectivity index is -0.00000760. The molecule has 0 N–H and O–H groups in total. The van der Waals surface area contributed by atoms with Crippen molar-refractivity contribution >= 4 is 23.9 Å². The second-order valence-electron chi connectivity index (χ2n) is 11.1. The monoisotopic (exact) mass is 614 g/mol. The van der Waals surface area contributed by atoms with Gasteiger partial charge in [0.1, 0.15) is 0 Å². The third-order valence-corrected chi connectivity index (χ3v) is 7.35. The molecule has 42 heavy (non-hydrogen) atoms. The molecule has 0 saturated heterocycles. The fraction of sp³-hybridized carbons (Fsp3) is 0.875. The van der Waals surface area contributed by atoms with Gasteiger partial charge in [-0.05, 0) is 12.8 Å². The molecule has 0 aliphatic carbocycles. The zero-order chi connectivity index (χ0) is 29.8. The third kappa shape index (κ3) is 28.6. The van der Waals surface area contributed by atoms with E-state index in [2.05, 4.69) is 13.8 Å². The number of hydrogen-bond acceptors (Lipinski definition) is 8. The van der Waals surface area contributed by atoms with Crippen molar-refractivity contribution in [3.8, 4) is 0 Å². The fourth-order valence-electron chi connectivity index (χ4n) is 4.88. The smallest absolute Gasteiger partial charge is 0.550 e. The van der Waals surface area contributed by atoms with Crippen LogP contribution in [0.3, 0.4) is 0 Å². The van der Waals surface area contributed by atoms with E-state index in [1.165, 1.54) is 77.0 Å². The average Bonchev–Trinajstić information content (AvgIpc) is 2.91. The van der Waals surface area contributed by atoms with Gasteiger partial charge in [0.15, 0.2) is 0 Å². The van der Waals surface area contributed by atoms with Crippen LogP contribution < -0.4 is 69.3 Å². The molecule has 0 bridgehead atoms. The second kappa shape index (κ2) is 33.8. The first-order valence-corrected chi connectivity index (χ1v) is 16.1. The van der Waals surface area contributed by atoms with E-state index < -0.39 is 48.6 Å². The molecule has 8 nitrogen and oxygen atoms in total. The summed E-state index contributed by atoms with van der Waals surface area (Å²) < 4.78 is 10.5. The van der Waals surface area contributed by atoms with Crippen molar-refractivity contribution in [2.24, 2.45) is 11.8 Å². The summed E-state index contributed by atoms with van der Waals surface area (Å²) in [4.78, 5) is 48.0. The van der Waals surface area contributed by atoms with Gasteiger partial charge in [0, 0.05) is 24.8 Å². The summed E-state index contributed by atoms with van der Waals surface area (Å²) in [5.74, 6) is -7.94. The molecule has 0 spiro atoms. The fourth-order valence-corrected chi connectivity index (χ4v) is 4.88. The van der Waals surface area contributed by atoms with E-state index in [4.69, 9.17) is 9.47 Å². The molecule has 2 unspecified atom stereocenters. The van der Waals surface area contributed by atoms with Crippen LogP contribution in [-0.2, 0) is 28.7 Å². The number of ether oxygens (including phenoxy) is 2. The molecular formula is C32H56Na2O8. The number of carbonyl (C=O) groups is 4. The molecular weight excluding hydrogens is 558 g/mol. The van der Waals surface area contributed by atoms with Crippen molar-refractivity contribution in [1.29, 1.82) is 0 Å². The van der Waals surface area contributed by atoms with Gasteiger partial charge in [0.2, 0.25) is 0 Å². The van der Waals surface area contributed by atoms with Crippen LogP contribution in [0.15, 0.2) is 0 Å². The van der Waals surface area contributed by atoms with E-state index in [9.17, 15) is 29.4 Å². The maximum atomic E-state index is 12.7. The van der Waals surface area contributed by atoms with Gasteiger partial charge in [-0.25, -0.2) is 0 Å². The molecule has 10 heteroatoms. The Morgan fingerprint density at radius 2 is 0.690 bits per heavy atom. The Kier molecular flexibility index (Phi) is 37.2. The first-order valence-electron chi connectivity index (χ1n) is 16.1. The number of carboxylic acids is 2. The number of aliphatic carboxylic acids is 2. The number of esters is 2. The molecule has 0 aliphatic rings. The molecule has 0 aromatic carbocycles. The Morgan fingerprint density at radius 1 is 0.452 bits per heavy atom. The summed E-state index contributed by atoms with van der Waals surface area (Å²) in [6.45, 7) is 4.57. The van der Waals surface area contributed by atoms with Gasteiger partial charge in [0.05, 0.1) is 25.0 Å². The number of carboxylic acid groups (broad SMARTS) is 2. The Labute approximate surface area is 299 Å². The van der Waals surface area contributed by atoms with E-state index in [1.54, 1.807) is 0 Å². The van der Waals surface area contributed by atoms with Gasteiger partial charge in [-0.3, -0.25) is 9.59 Å². The molecule has 0 rings (SSSR count). The topological polar surface area (TPSA) is 133 Å². The van der Waals surface area contributed by atoms with Gasteiger partial charge in [-0.15, -0.1) is 0 Å². The predicted octanol–water partition coefficient (Wildman–Crippen LogP) is -0.565. The van der Waals surface area contributed by atoms with Gasteiger partial charge in [0.25, 0.3) is 0 Å². The summed E-state index contributed by atoms with van der Waals surface area (Å²) in [7, 11) is 0. The van der Waals surface area contributed by atoms with Crippen LogP contribution in [0.1, 0.15) is 155 Å². The van der Waals surface area contributed by atoms with E-state index in [0.717, 1.165) is 38.5 Å². The molecule has 0 amide bonds. The first kappa shape index (κ1) is 46.3. The minimum absolute atomic E-state index is 0. The van der Waals surface area contributed by atoms with Crippen molar-refractivity contribution < 1.29 is 98.0 Å². The first-order chi connectivity index (χ1) is 19.3. The molecule has 0 saturated carbocycles. The zero-order valence-corrected chi connectivity index (χ0v) is 31.4. The van der Waals surface area contributed by atoms with Gasteiger partial charge < -0.3 is 29.3 Å². The normalized spacial score (nSPS) is 12.0. The zero-order valence-electron chi connectivity index (χ0n) is 27.4. The quantitative estimate of drug-likeness (QED) is 0.0622. The molecule has 0 radical (unpaired) electrons. The summed E-state index contributed by atoms with van der Waals surface area (Å²) in [5.41, 5.74) is 0. The number of rotatable bonds is 29. The molecule has 0 aromatic heterocycles. The Hall–Kier alpha value is -0.120. The van der Waals surface area contributed by atoms with Crippen molar-refractivity contribution in [2.75, 3.05) is 13.2 Å². The molecule has 0 aromatic rings. The van der Waals surface area contributed by atoms with Crippen LogP contribution in [0.5, 0.6) is 0 Å². The molecule has 2 atom stereocenters. The van der Waals surface area contributed by atoms with Crippen LogP contribution in [-0.4, -0.2) is 37.1 Å². The van der Waals surface area contributed by atoms with Crippen molar-refractivity contribution in [3.05, 3.63) is 0 Å². The Bertz CT molecular complexity index is 619. The molecule has 0 heterocycles. The minimum Gasteiger partial charge on any atom is -0.550 e. The van der Waals surface area contributed by atoms with E-state index in [0.29, 0.717) is 12.8 Å². The maximum Gasteiger partial charge on any atom is 1.00 e. The van der Waals surface area contributed by atoms with Crippen molar-refractivity contribution in [3.63, 3.8) is 0 Å². The van der Waals surface area contributed by atoms with Crippen LogP contribution in [0.4, 0.5) is 0 Å². The predicted molar refractivity (Wildman–Crippen MR) is 152 cm³/mol. The van der Waals surface area contributed by atoms with Crippen LogP contribution in [0.2, 0.25) is 0 Å². The summed E-state index contributed by atoms with van der Waals surface area (Å²) >= 11 is 0. The summed E-state index contributed by atoms with van der Waals surface area (Å²) in [6, 6.07) is 0. The van der Waals surface area contributed by atoms with Gasteiger partial charge in [-0.2, -0.15) is 0 Å². The van der Waals surface area contributed by atoms with Crippen molar-refractivity contribution in [2.45, 2.75) is 155 Å². The van der Waals surface area contributed by atoms with Gasteiger partial charge in [-0.1, -0.05) is 129 Å². The van der Waals surface area contributed by atoms with Crippen LogP contribution in [0.25, 0.3) is 0 Å². The van der Waals surface area contributed by atoms with Crippen molar-refractivity contribution in [1.82, 2.24) is 0 Å². The SMILES string of the molecule is CCCCCCCCCCCCOC(=O)C(CC(=O)[O-])C(CC(=O)[O-])C(=O)OCCCCCCCCCCCC.[Na+].[Na+]. The Morgan fingerprint density at radius 3 is 0.929 bits per heavy atom. The van der Waals surface area contributed by atoms with Crippen LogP contribution in [0, 0.1) is 11.8 Å². The maximum absolute atomic E-state index is 12.7. The minimum atomic E-state index is -1.56. The number of hydrogen-bond donors (Lipinski definition) is 0. The molecule has 234 valence electrons. The summed E-state index contributed by atoms with van der Waals surface area (Å²) in [6.07, 6.45) is 20.6. The largest absolute Gasteiger partial charge is 1.00 e. The van der Waals surface area contributed by atoms with E-state index in [-0.39, 0.29) is 72.3 Å². The third-order valence-electron chi connectivity index (χ3n) is 7.35. The number of carbonyl (C=O) groups excluding carboxylic acids is 4. The van der Waals surface area contributed by atoms with Gasteiger partial charge >= 0.3 is 71.1 Å². The van der Waals surface area contributed by atoms with E-state index >= 15 is 0 Å². The molecule has 0 fully saturated rings. The standard InChI is InChI=1S/C32H58O8.2Na/c1-3-5-7-9-11-13-15-17-19-21-23-39-31(37)27(25-29(33)34)28(26-30(35)36)32(38)40-24-22-20-18-16-14-12-10-8-6-4-2;;/h27-28H,3-26H2,1-2H3,(H,33,34)(H,35,36);;/q;2*+1/p-2. The molecule has 0 aliphatic heterocycles. The summed E-state index contributed by atoms with van der Waals surface area (Å²) in [5, 5.41) is 22.6. The number of unbranched alkanes of at least 4 members (excludes halogenated alkanes) is 18. The van der Waals surface area contributed by atoms with Crippen LogP contribution >= 0.6 is 0 Å². The average molecular weight is 615 g/mol. The van der Waals surface area contributed by atoms with E-state index in [1.807, 2.05) is 0 Å². The second-order valence-corrected chi connectivity index (χ2v) is 11.1.